The molecular formula is C26H40O15. The van der Waals surface area contributed by atoms with Gasteiger partial charge < -0.3 is 64.2 Å². The lowest BCUT2D eigenvalue weighted by Gasteiger charge is -2.45. The molecule has 0 aromatic carbocycles. The van der Waals surface area contributed by atoms with Crippen LogP contribution >= 0.6 is 0 Å². The highest BCUT2D eigenvalue weighted by molar-refractivity contribution is 5.89. The van der Waals surface area contributed by atoms with Crippen molar-refractivity contribution in [3.63, 3.8) is 0 Å². The van der Waals surface area contributed by atoms with Crippen LogP contribution in [0.15, 0.2) is 11.6 Å². The number of ether oxygens (including phenoxy) is 6. The predicted molar refractivity (Wildman–Crippen MR) is 132 cm³/mol. The molecule has 2 heterocycles. The fraction of sp³-hybridized carbons (Fsp3) is 0.846. The van der Waals surface area contributed by atoms with Crippen LogP contribution in [0.4, 0.5) is 0 Å². The maximum atomic E-state index is 12.9. The topological polar surface area (TPSA) is 231 Å². The van der Waals surface area contributed by atoms with E-state index in [4.69, 9.17) is 28.4 Å². The molecule has 4 aliphatic rings. The monoisotopic (exact) mass is 592 g/mol. The average Bonchev–Trinajstić information content (AvgIpc) is 3.21. The number of aliphatic hydroxyl groups is 7. The van der Waals surface area contributed by atoms with Gasteiger partial charge in [-0.2, -0.15) is 0 Å². The standard InChI is InChI=1S/C26H40O15/c1-9-17(29)19(31)21(33)24(37-9)39-13-7-26(3,41-10(2)28)16-12(6-5-11(15(13)16)23(35)36-4)38-25-22(34)20(32)18(30)14(8-27)40-25/h5,9,12-22,24-25,27,29-34H,6-8H2,1-4H3/t9-,12+,13+,14+,15-,16-,17-,18+,19+,20-,21+,22+,24-,25+,26-/m0/s1. The fourth-order valence-electron chi connectivity index (χ4n) is 6.52. The van der Waals surface area contributed by atoms with Crippen LogP contribution in [0.1, 0.15) is 33.6 Å². The van der Waals surface area contributed by atoms with E-state index in [0.29, 0.717) is 0 Å². The van der Waals surface area contributed by atoms with Gasteiger partial charge in [0.25, 0.3) is 0 Å². The molecule has 0 unspecified atom stereocenters. The molecule has 1 saturated carbocycles. The van der Waals surface area contributed by atoms with E-state index >= 15 is 0 Å². The Bertz CT molecular complexity index is 988. The Kier molecular flexibility index (Phi) is 9.77. The lowest BCUT2D eigenvalue weighted by Crippen LogP contribution is -2.60. The molecule has 15 heteroatoms. The van der Waals surface area contributed by atoms with E-state index in [1.807, 2.05) is 0 Å². The van der Waals surface area contributed by atoms with Crippen LogP contribution in [-0.4, -0.2) is 141 Å². The highest BCUT2D eigenvalue weighted by Crippen LogP contribution is 2.53. The van der Waals surface area contributed by atoms with Crippen LogP contribution in [0, 0.1) is 11.8 Å². The summed E-state index contributed by atoms with van der Waals surface area (Å²) in [5, 5.41) is 71.5. The Morgan fingerprint density at radius 3 is 2.10 bits per heavy atom. The SMILES string of the molecule is COC(=O)C1=CC[C@@H](O[C@@H]2O[C@H](CO)[C@@H](O)[C@H](O)[C@H]2O)[C@H]2[C@@H]1[C@H](O[C@@H]1O[C@@H](C)[C@H](O)[C@@H](O)[C@H]1O)C[C@]2(C)OC(C)=O. The second kappa shape index (κ2) is 12.5. The van der Waals surface area contributed by atoms with Crippen LogP contribution in [-0.2, 0) is 38.0 Å². The summed E-state index contributed by atoms with van der Waals surface area (Å²) in [5.74, 6) is -3.06. The summed E-state index contributed by atoms with van der Waals surface area (Å²) in [4.78, 5) is 25.1. The quantitative estimate of drug-likeness (QED) is 0.145. The molecule has 2 saturated heterocycles. The Labute approximate surface area is 236 Å². The number of rotatable bonds is 7. The Hall–Kier alpha value is -1.76. The van der Waals surface area contributed by atoms with Crippen molar-refractivity contribution in [1.82, 2.24) is 0 Å². The molecule has 15 nitrogen and oxygen atoms in total. The van der Waals surface area contributed by atoms with Gasteiger partial charge in [0, 0.05) is 30.8 Å². The highest BCUT2D eigenvalue weighted by atomic mass is 16.7. The van der Waals surface area contributed by atoms with Crippen LogP contribution in [0.2, 0.25) is 0 Å². The van der Waals surface area contributed by atoms with Gasteiger partial charge in [0.15, 0.2) is 12.6 Å². The van der Waals surface area contributed by atoms with Crippen molar-refractivity contribution in [1.29, 1.82) is 0 Å². The summed E-state index contributed by atoms with van der Waals surface area (Å²) in [5.41, 5.74) is -1.18. The summed E-state index contributed by atoms with van der Waals surface area (Å²) in [7, 11) is 1.19. The zero-order chi connectivity index (χ0) is 30.4. The van der Waals surface area contributed by atoms with Crippen LogP contribution in [0.3, 0.4) is 0 Å². The van der Waals surface area contributed by atoms with E-state index in [2.05, 4.69) is 0 Å². The Morgan fingerprint density at radius 1 is 0.927 bits per heavy atom. The van der Waals surface area contributed by atoms with E-state index in [1.54, 1.807) is 6.92 Å². The van der Waals surface area contributed by atoms with Gasteiger partial charge in [0.1, 0.15) is 48.3 Å². The Morgan fingerprint density at radius 2 is 1.51 bits per heavy atom. The summed E-state index contributed by atoms with van der Waals surface area (Å²) in [6.45, 7) is 3.63. The fourth-order valence-corrected chi connectivity index (χ4v) is 6.52. The van der Waals surface area contributed by atoms with Gasteiger partial charge in [-0.15, -0.1) is 0 Å². The number of esters is 2. The third-order valence-electron chi connectivity index (χ3n) is 8.50. The van der Waals surface area contributed by atoms with Crippen molar-refractivity contribution in [2.24, 2.45) is 11.8 Å². The molecule has 2 aliphatic carbocycles. The molecule has 4 rings (SSSR count). The zero-order valence-electron chi connectivity index (χ0n) is 23.2. The van der Waals surface area contributed by atoms with Gasteiger partial charge in [0.05, 0.1) is 32.0 Å². The van der Waals surface area contributed by atoms with Crippen molar-refractivity contribution in [3.05, 3.63) is 11.6 Å². The molecule has 15 atom stereocenters. The van der Waals surface area contributed by atoms with Gasteiger partial charge in [-0.05, 0) is 20.3 Å². The zero-order valence-corrected chi connectivity index (χ0v) is 23.2. The molecule has 41 heavy (non-hydrogen) atoms. The van der Waals surface area contributed by atoms with Crippen molar-refractivity contribution in [2.45, 2.75) is 113 Å². The molecule has 0 amide bonds. The van der Waals surface area contributed by atoms with Crippen LogP contribution in [0.5, 0.6) is 0 Å². The molecule has 234 valence electrons. The third-order valence-corrected chi connectivity index (χ3v) is 8.50. The highest BCUT2D eigenvalue weighted by Gasteiger charge is 2.62. The molecule has 0 aromatic heterocycles. The molecule has 7 N–H and O–H groups in total. The van der Waals surface area contributed by atoms with Gasteiger partial charge >= 0.3 is 11.9 Å². The second-order valence-corrected chi connectivity index (χ2v) is 11.3. The van der Waals surface area contributed by atoms with E-state index in [1.165, 1.54) is 27.0 Å². The van der Waals surface area contributed by atoms with E-state index in [9.17, 15) is 45.3 Å². The van der Waals surface area contributed by atoms with Crippen molar-refractivity contribution >= 4 is 11.9 Å². The maximum Gasteiger partial charge on any atom is 0.333 e. The average molecular weight is 593 g/mol. The first kappa shape index (κ1) is 32.2. The summed E-state index contributed by atoms with van der Waals surface area (Å²) in [6, 6.07) is 0. The molecule has 0 spiro atoms. The predicted octanol–water partition coefficient (Wildman–Crippen LogP) is -3.15. The molecular weight excluding hydrogens is 552 g/mol. The number of hydrogen-bond acceptors (Lipinski definition) is 15. The van der Waals surface area contributed by atoms with E-state index in [0.717, 1.165) is 0 Å². The largest absolute Gasteiger partial charge is 0.466 e. The maximum absolute atomic E-state index is 12.9. The van der Waals surface area contributed by atoms with Gasteiger partial charge in [0.2, 0.25) is 0 Å². The van der Waals surface area contributed by atoms with Crippen LogP contribution < -0.4 is 0 Å². The first-order valence-corrected chi connectivity index (χ1v) is 13.5. The van der Waals surface area contributed by atoms with Crippen molar-refractivity contribution in [3.8, 4) is 0 Å². The number of carbonyl (C=O) groups is 2. The number of aliphatic hydroxyl groups excluding tert-OH is 7. The third kappa shape index (κ3) is 6.03. The number of methoxy groups -OCH3 is 1. The van der Waals surface area contributed by atoms with Crippen molar-refractivity contribution < 1.29 is 73.8 Å². The lowest BCUT2D eigenvalue weighted by atomic mass is 9.73. The van der Waals surface area contributed by atoms with Crippen LogP contribution in [0.25, 0.3) is 0 Å². The smallest absolute Gasteiger partial charge is 0.333 e. The summed E-state index contributed by atoms with van der Waals surface area (Å²) in [6.07, 6.45) is -15.0. The van der Waals surface area contributed by atoms with Gasteiger partial charge in [-0.3, -0.25) is 4.79 Å². The normalized spacial score (nSPS) is 48.2. The van der Waals surface area contributed by atoms with E-state index < -0.39 is 110 Å². The molecule has 3 fully saturated rings. The molecule has 0 aromatic rings. The number of carbonyl (C=O) groups excluding carboxylic acids is 2. The molecule has 2 aliphatic heterocycles. The Balaban J connectivity index is 1.69. The number of fused-ring (bicyclic) bond motifs is 1. The minimum absolute atomic E-state index is 0.0234. The molecule has 0 radical (unpaired) electrons. The first-order chi connectivity index (χ1) is 19.2. The molecule has 0 bridgehead atoms. The van der Waals surface area contributed by atoms with E-state index in [-0.39, 0.29) is 18.4 Å². The second-order valence-electron chi connectivity index (χ2n) is 11.3. The van der Waals surface area contributed by atoms with Gasteiger partial charge in [-0.1, -0.05) is 6.08 Å². The summed E-state index contributed by atoms with van der Waals surface area (Å²) >= 11 is 0. The first-order valence-electron chi connectivity index (χ1n) is 13.5. The minimum Gasteiger partial charge on any atom is -0.466 e. The number of hydrogen-bond donors (Lipinski definition) is 7. The van der Waals surface area contributed by atoms with Crippen molar-refractivity contribution in [2.75, 3.05) is 13.7 Å². The summed E-state index contributed by atoms with van der Waals surface area (Å²) < 4.78 is 34.1. The van der Waals surface area contributed by atoms with Gasteiger partial charge in [-0.25, -0.2) is 4.79 Å². The minimum atomic E-state index is -1.70. The lowest BCUT2D eigenvalue weighted by molar-refractivity contribution is -0.320.